The molecule has 2 heteroatoms. The first kappa shape index (κ1) is 7.59. The molecule has 0 aromatic carbocycles. The lowest BCUT2D eigenvalue weighted by Crippen LogP contribution is -2.00. The van der Waals surface area contributed by atoms with E-state index in [-0.39, 0.29) is 0 Å². The first-order chi connectivity index (χ1) is 5.83. The molecule has 2 nitrogen and oxygen atoms in total. The summed E-state index contributed by atoms with van der Waals surface area (Å²) in [5, 5.41) is 0. The van der Waals surface area contributed by atoms with E-state index >= 15 is 0 Å². The highest BCUT2D eigenvalue weighted by Crippen LogP contribution is 2.27. The van der Waals surface area contributed by atoms with Crippen LogP contribution in [0.25, 0.3) is 0 Å². The largest absolute Gasteiger partial charge is 0.465 e. The highest BCUT2D eigenvalue weighted by Gasteiger charge is 2.19. The van der Waals surface area contributed by atoms with Gasteiger partial charge in [0.1, 0.15) is 11.5 Å². The number of aryl methyl sites for hydroxylation is 2. The summed E-state index contributed by atoms with van der Waals surface area (Å²) in [7, 11) is 0. The van der Waals surface area contributed by atoms with Gasteiger partial charge in [0.15, 0.2) is 6.29 Å². The van der Waals surface area contributed by atoms with Gasteiger partial charge < -0.3 is 4.42 Å². The third-order valence-corrected chi connectivity index (χ3v) is 2.52. The fourth-order valence-electron chi connectivity index (χ4n) is 1.88. The quantitative estimate of drug-likeness (QED) is 0.596. The van der Waals surface area contributed by atoms with Crippen molar-refractivity contribution in [3.8, 4) is 0 Å². The fourth-order valence-corrected chi connectivity index (χ4v) is 1.88. The Morgan fingerprint density at radius 3 is 2.83 bits per heavy atom. The minimum Gasteiger partial charge on any atom is -0.465 e. The van der Waals surface area contributed by atoms with E-state index in [1.165, 1.54) is 12.8 Å². The molecule has 1 aliphatic carbocycles. The lowest BCUT2D eigenvalue weighted by molar-refractivity contribution is 0.112. The summed E-state index contributed by atoms with van der Waals surface area (Å²) in [5.41, 5.74) is 1.96. The number of rotatable bonds is 1. The van der Waals surface area contributed by atoms with Crippen LogP contribution >= 0.6 is 0 Å². The zero-order valence-corrected chi connectivity index (χ0v) is 7.22. The molecule has 0 fully saturated rings. The molecule has 2 rings (SSSR count). The lowest BCUT2D eigenvalue weighted by atomic mass is 9.95. The van der Waals surface area contributed by atoms with E-state index in [0.29, 0.717) is 0 Å². The molecule has 0 amide bonds. The maximum Gasteiger partial charge on any atom is 0.153 e. The first-order valence-corrected chi connectivity index (χ1v) is 4.39. The molecule has 0 saturated carbocycles. The minimum absolute atomic E-state index is 0.789. The van der Waals surface area contributed by atoms with E-state index in [1.807, 2.05) is 6.92 Å². The molecule has 0 saturated heterocycles. The molecular formula is C10H12O2. The molecule has 0 spiro atoms. The van der Waals surface area contributed by atoms with E-state index in [9.17, 15) is 4.79 Å². The number of furan rings is 1. The molecule has 1 aliphatic rings. The number of hydrogen-bond donors (Lipinski definition) is 0. The third kappa shape index (κ3) is 0.986. The van der Waals surface area contributed by atoms with Crippen LogP contribution in [0.5, 0.6) is 0 Å². The molecule has 12 heavy (non-hydrogen) atoms. The van der Waals surface area contributed by atoms with Crippen LogP contribution in [0.4, 0.5) is 0 Å². The van der Waals surface area contributed by atoms with Gasteiger partial charge in [-0.15, -0.1) is 0 Å². The van der Waals surface area contributed by atoms with E-state index in [2.05, 4.69) is 0 Å². The zero-order valence-electron chi connectivity index (χ0n) is 7.22. The van der Waals surface area contributed by atoms with Crippen molar-refractivity contribution in [2.24, 2.45) is 0 Å². The van der Waals surface area contributed by atoms with Crippen molar-refractivity contribution in [3.63, 3.8) is 0 Å². The smallest absolute Gasteiger partial charge is 0.153 e. The molecule has 0 radical (unpaired) electrons. The van der Waals surface area contributed by atoms with E-state index in [0.717, 1.165) is 41.8 Å². The van der Waals surface area contributed by atoms with Gasteiger partial charge in [-0.1, -0.05) is 0 Å². The second kappa shape index (κ2) is 2.77. The highest BCUT2D eigenvalue weighted by molar-refractivity contribution is 5.79. The molecule has 0 aliphatic heterocycles. The van der Waals surface area contributed by atoms with Gasteiger partial charge >= 0.3 is 0 Å². The van der Waals surface area contributed by atoms with Gasteiger partial charge in [-0.2, -0.15) is 0 Å². The molecule has 0 N–H and O–H groups in total. The highest BCUT2D eigenvalue weighted by atomic mass is 16.3. The van der Waals surface area contributed by atoms with Crippen molar-refractivity contribution < 1.29 is 9.21 Å². The SMILES string of the molecule is Cc1oc2c(c1C=O)CCCC2. The van der Waals surface area contributed by atoms with Gasteiger partial charge in [-0.25, -0.2) is 0 Å². The summed E-state index contributed by atoms with van der Waals surface area (Å²) >= 11 is 0. The Labute approximate surface area is 71.6 Å². The molecule has 0 bridgehead atoms. The minimum atomic E-state index is 0.789. The monoisotopic (exact) mass is 164 g/mol. The average molecular weight is 164 g/mol. The first-order valence-electron chi connectivity index (χ1n) is 4.39. The van der Waals surface area contributed by atoms with Crippen LogP contribution in [-0.4, -0.2) is 6.29 Å². The summed E-state index contributed by atoms with van der Waals surface area (Å²) in [4.78, 5) is 10.7. The van der Waals surface area contributed by atoms with Crippen LogP contribution in [0.15, 0.2) is 4.42 Å². The Hall–Kier alpha value is -1.05. The van der Waals surface area contributed by atoms with Crippen LogP contribution in [0.3, 0.4) is 0 Å². The Bertz CT molecular complexity index is 310. The maximum atomic E-state index is 10.7. The standard InChI is InChI=1S/C10H12O2/c1-7-9(6-11)8-4-2-3-5-10(8)12-7/h6H,2-5H2,1H3. The molecule has 64 valence electrons. The predicted octanol–water partition coefficient (Wildman–Crippen LogP) is 2.28. The zero-order chi connectivity index (χ0) is 8.55. The van der Waals surface area contributed by atoms with Crippen LogP contribution in [-0.2, 0) is 12.8 Å². The summed E-state index contributed by atoms with van der Waals surface area (Å²) in [5.74, 6) is 1.83. The molecule has 0 unspecified atom stereocenters. The summed E-state index contributed by atoms with van der Waals surface area (Å²) in [6.07, 6.45) is 5.32. The molecule has 1 aromatic rings. The van der Waals surface area contributed by atoms with Crippen molar-refractivity contribution in [3.05, 3.63) is 22.6 Å². The average Bonchev–Trinajstić information content (AvgIpc) is 2.40. The van der Waals surface area contributed by atoms with Crippen molar-refractivity contribution in [1.29, 1.82) is 0 Å². The van der Waals surface area contributed by atoms with Crippen molar-refractivity contribution in [2.75, 3.05) is 0 Å². The number of carbonyl (C=O) groups is 1. The van der Waals surface area contributed by atoms with Crippen LogP contribution < -0.4 is 0 Å². The second-order valence-corrected chi connectivity index (χ2v) is 3.30. The second-order valence-electron chi connectivity index (χ2n) is 3.30. The Kier molecular flexibility index (Phi) is 1.75. The van der Waals surface area contributed by atoms with Crippen LogP contribution in [0.2, 0.25) is 0 Å². The van der Waals surface area contributed by atoms with Crippen molar-refractivity contribution in [1.82, 2.24) is 0 Å². The van der Waals surface area contributed by atoms with Gasteiger partial charge in [-0.05, 0) is 26.2 Å². The molecule has 1 aromatic heterocycles. The third-order valence-electron chi connectivity index (χ3n) is 2.52. The summed E-state index contributed by atoms with van der Waals surface area (Å²) < 4.78 is 5.50. The molecule has 0 atom stereocenters. The lowest BCUT2D eigenvalue weighted by Gasteiger charge is -2.08. The van der Waals surface area contributed by atoms with Crippen LogP contribution in [0.1, 0.15) is 40.3 Å². The van der Waals surface area contributed by atoms with Gasteiger partial charge in [0, 0.05) is 12.0 Å². The number of fused-ring (bicyclic) bond motifs is 1. The maximum absolute atomic E-state index is 10.7. The number of aldehydes is 1. The van der Waals surface area contributed by atoms with Crippen LogP contribution in [0, 0.1) is 6.92 Å². The van der Waals surface area contributed by atoms with Gasteiger partial charge in [0.05, 0.1) is 5.56 Å². The Balaban J connectivity index is 2.53. The summed E-state index contributed by atoms with van der Waals surface area (Å²) in [6.45, 7) is 1.86. The van der Waals surface area contributed by atoms with Crippen molar-refractivity contribution >= 4 is 6.29 Å². The predicted molar refractivity (Wildman–Crippen MR) is 45.5 cm³/mol. The molecule has 1 heterocycles. The topological polar surface area (TPSA) is 30.2 Å². The van der Waals surface area contributed by atoms with E-state index < -0.39 is 0 Å². The van der Waals surface area contributed by atoms with E-state index in [4.69, 9.17) is 4.42 Å². The molecular weight excluding hydrogens is 152 g/mol. The van der Waals surface area contributed by atoms with Gasteiger partial charge in [-0.3, -0.25) is 4.79 Å². The number of hydrogen-bond acceptors (Lipinski definition) is 2. The van der Waals surface area contributed by atoms with Gasteiger partial charge in [0.2, 0.25) is 0 Å². The summed E-state index contributed by atoms with van der Waals surface area (Å²) in [6, 6.07) is 0. The van der Waals surface area contributed by atoms with Gasteiger partial charge in [0.25, 0.3) is 0 Å². The Morgan fingerprint density at radius 2 is 2.08 bits per heavy atom. The van der Waals surface area contributed by atoms with E-state index in [1.54, 1.807) is 0 Å². The normalized spacial score (nSPS) is 15.8. The Morgan fingerprint density at radius 1 is 1.33 bits per heavy atom. The number of carbonyl (C=O) groups excluding carboxylic acids is 1. The van der Waals surface area contributed by atoms with Crippen molar-refractivity contribution in [2.45, 2.75) is 32.6 Å². The fraction of sp³-hybridized carbons (Fsp3) is 0.500.